The highest BCUT2D eigenvalue weighted by Gasteiger charge is 2.19. The molecule has 0 unspecified atom stereocenters. The molecule has 4 aromatic rings. The van der Waals surface area contributed by atoms with Crippen molar-refractivity contribution in [2.45, 2.75) is 28.4 Å². The van der Waals surface area contributed by atoms with Crippen LogP contribution in [0.4, 0.5) is 5.82 Å². The Morgan fingerprint density at radius 1 is 1.15 bits per heavy atom. The molecule has 33 heavy (non-hydrogen) atoms. The van der Waals surface area contributed by atoms with Crippen LogP contribution in [0.15, 0.2) is 63.7 Å². The fourth-order valence-electron chi connectivity index (χ4n) is 3.01. The third-order valence-electron chi connectivity index (χ3n) is 4.73. The fourth-order valence-corrected chi connectivity index (χ4v) is 5.54. The maximum absolute atomic E-state index is 12.6. The van der Waals surface area contributed by atoms with Gasteiger partial charge in [0.1, 0.15) is 12.1 Å². The van der Waals surface area contributed by atoms with Crippen molar-refractivity contribution >= 4 is 61.5 Å². The number of fused-ring (bicyclic) bond motifs is 1. The van der Waals surface area contributed by atoms with Crippen molar-refractivity contribution in [1.82, 2.24) is 19.5 Å². The number of methoxy groups -OCH3 is 1. The first-order valence-corrected chi connectivity index (χ1v) is 13.0. The normalized spacial score (nSPS) is 11.7. The van der Waals surface area contributed by atoms with Crippen molar-refractivity contribution in [3.63, 3.8) is 0 Å². The number of nitrogens with two attached hydrogens (primary N) is 1. The molecule has 2 heterocycles. The Bertz CT molecular complexity index is 1410. The van der Waals surface area contributed by atoms with Gasteiger partial charge >= 0.3 is 0 Å². The van der Waals surface area contributed by atoms with E-state index in [0.29, 0.717) is 22.1 Å². The van der Waals surface area contributed by atoms with Gasteiger partial charge < -0.3 is 15.0 Å². The number of benzene rings is 2. The molecule has 0 aliphatic rings. The van der Waals surface area contributed by atoms with Crippen molar-refractivity contribution < 1.29 is 17.3 Å². The first-order valence-electron chi connectivity index (χ1n) is 9.72. The summed E-state index contributed by atoms with van der Waals surface area (Å²) < 4.78 is 38.5. The summed E-state index contributed by atoms with van der Waals surface area (Å²) in [7, 11) is -2.29. The minimum absolute atomic E-state index is 0.103. The summed E-state index contributed by atoms with van der Waals surface area (Å²) in [5.41, 5.74) is 7.91. The molecule has 0 fully saturated rings. The molecule has 0 atom stereocenters. The van der Waals surface area contributed by atoms with Gasteiger partial charge in [-0.1, -0.05) is 29.5 Å². The Labute approximate surface area is 209 Å². The van der Waals surface area contributed by atoms with E-state index in [9.17, 15) is 8.42 Å². The predicted molar refractivity (Wildman–Crippen MR) is 134 cm³/mol. The first-order chi connectivity index (χ1) is 15.8. The van der Waals surface area contributed by atoms with Gasteiger partial charge in [0.2, 0.25) is 0 Å². The lowest BCUT2D eigenvalue weighted by atomic mass is 10.2. The molecule has 2 N–H and O–H groups in total. The second-order valence-electron chi connectivity index (χ2n) is 6.96. The maximum Gasteiger partial charge on any atom is 0.297 e. The number of nitrogens with zero attached hydrogens (tertiary/aromatic N) is 4. The van der Waals surface area contributed by atoms with Crippen molar-refractivity contribution in [3.8, 4) is 5.75 Å². The van der Waals surface area contributed by atoms with Crippen molar-refractivity contribution in [3.05, 3.63) is 57.9 Å². The van der Waals surface area contributed by atoms with Gasteiger partial charge in [-0.25, -0.2) is 15.0 Å². The molecule has 0 spiro atoms. The highest BCUT2D eigenvalue weighted by Crippen LogP contribution is 2.35. The van der Waals surface area contributed by atoms with E-state index < -0.39 is 10.1 Å². The summed E-state index contributed by atoms with van der Waals surface area (Å²) in [5, 5.41) is 0.583. The van der Waals surface area contributed by atoms with Crippen LogP contribution in [0.3, 0.4) is 0 Å². The molecule has 2 aromatic carbocycles. The molecule has 4 rings (SSSR count). The Morgan fingerprint density at radius 2 is 1.91 bits per heavy atom. The quantitative estimate of drug-likeness (QED) is 0.238. The molecular weight excluding hydrogens is 577 g/mol. The number of ether oxygens (including phenoxy) is 1. The zero-order valence-electron chi connectivity index (χ0n) is 17.7. The van der Waals surface area contributed by atoms with E-state index in [1.54, 1.807) is 23.8 Å². The zero-order valence-corrected chi connectivity index (χ0v) is 21.5. The van der Waals surface area contributed by atoms with E-state index in [4.69, 9.17) is 14.7 Å². The topological polar surface area (TPSA) is 122 Å². The van der Waals surface area contributed by atoms with E-state index in [2.05, 4.69) is 37.5 Å². The number of imidazole rings is 1. The first kappa shape index (κ1) is 23.7. The standard InChI is InChI=1S/C21H20IN5O4S2/c1-13-3-6-15(7-4-13)33(28,29)31-10-9-27-20-18(19(23)24-12-25-20)26-21(27)32-17-11-14(30-2)5-8-16(17)22/h3-8,11-12H,9-10H2,1-2H3,(H2,23,24,25). The molecule has 12 heteroatoms. The molecule has 0 bridgehead atoms. The zero-order chi connectivity index (χ0) is 23.6. The lowest BCUT2D eigenvalue weighted by molar-refractivity contribution is 0.298. The van der Waals surface area contributed by atoms with Crippen molar-refractivity contribution in [2.24, 2.45) is 0 Å². The third kappa shape index (κ3) is 5.23. The second-order valence-corrected chi connectivity index (χ2v) is 10.8. The van der Waals surface area contributed by atoms with Crippen LogP contribution < -0.4 is 10.5 Å². The van der Waals surface area contributed by atoms with E-state index in [1.165, 1.54) is 30.2 Å². The van der Waals surface area contributed by atoms with E-state index in [1.807, 2.05) is 25.1 Å². The average Bonchev–Trinajstić information content (AvgIpc) is 3.14. The fraction of sp³-hybridized carbons (Fsp3) is 0.190. The summed E-state index contributed by atoms with van der Waals surface area (Å²) >= 11 is 3.63. The minimum Gasteiger partial charge on any atom is -0.497 e. The monoisotopic (exact) mass is 597 g/mol. The largest absolute Gasteiger partial charge is 0.497 e. The molecule has 2 aromatic heterocycles. The molecule has 0 aliphatic heterocycles. The number of aryl methyl sites for hydroxylation is 1. The lowest BCUT2D eigenvalue weighted by Gasteiger charge is -2.11. The summed E-state index contributed by atoms with van der Waals surface area (Å²) in [6.07, 6.45) is 1.35. The minimum atomic E-state index is -3.89. The number of hydrogen-bond donors (Lipinski definition) is 1. The van der Waals surface area contributed by atoms with Crippen LogP contribution in [0, 0.1) is 10.5 Å². The number of nitrogen functional groups attached to an aromatic ring is 1. The van der Waals surface area contributed by atoms with Crippen LogP contribution in [-0.4, -0.2) is 41.7 Å². The van der Waals surface area contributed by atoms with Gasteiger partial charge in [-0.05, 0) is 59.8 Å². The Morgan fingerprint density at radius 3 is 2.64 bits per heavy atom. The second kappa shape index (κ2) is 9.83. The van der Waals surface area contributed by atoms with Crippen molar-refractivity contribution in [1.29, 1.82) is 0 Å². The van der Waals surface area contributed by atoms with Crippen LogP contribution in [0.2, 0.25) is 0 Å². The predicted octanol–water partition coefficient (Wildman–Crippen LogP) is 3.89. The lowest BCUT2D eigenvalue weighted by Crippen LogP contribution is -2.13. The van der Waals surface area contributed by atoms with E-state index >= 15 is 0 Å². The van der Waals surface area contributed by atoms with E-state index in [0.717, 1.165) is 14.0 Å². The number of halogens is 1. The van der Waals surface area contributed by atoms with Gasteiger partial charge in [0.05, 0.1) is 25.2 Å². The van der Waals surface area contributed by atoms with Gasteiger partial charge in [0.15, 0.2) is 22.1 Å². The molecule has 0 amide bonds. The molecular formula is C21H20IN5O4S2. The summed E-state index contributed by atoms with van der Waals surface area (Å²) in [4.78, 5) is 14.0. The van der Waals surface area contributed by atoms with Gasteiger partial charge in [0, 0.05) is 8.47 Å². The SMILES string of the molecule is COc1ccc(I)c(Sc2nc3c(N)ncnc3n2CCOS(=O)(=O)c2ccc(C)cc2)c1. The smallest absolute Gasteiger partial charge is 0.297 e. The average molecular weight is 597 g/mol. The molecule has 172 valence electrons. The molecule has 0 radical (unpaired) electrons. The van der Waals surface area contributed by atoms with Gasteiger partial charge in [-0.3, -0.25) is 4.18 Å². The van der Waals surface area contributed by atoms with Crippen molar-refractivity contribution in [2.75, 3.05) is 19.5 Å². The van der Waals surface area contributed by atoms with E-state index in [-0.39, 0.29) is 23.9 Å². The highest BCUT2D eigenvalue weighted by atomic mass is 127. The van der Waals surface area contributed by atoms with Gasteiger partial charge in [-0.15, -0.1) is 0 Å². The summed E-state index contributed by atoms with van der Waals surface area (Å²) in [6, 6.07) is 12.2. The number of hydrogen-bond acceptors (Lipinski definition) is 9. The number of anilines is 1. The number of aromatic nitrogens is 4. The molecule has 0 saturated heterocycles. The van der Waals surface area contributed by atoms with Crippen LogP contribution in [0.25, 0.3) is 11.2 Å². The van der Waals surface area contributed by atoms with Crippen LogP contribution in [0.1, 0.15) is 5.56 Å². The molecule has 9 nitrogen and oxygen atoms in total. The Balaban J connectivity index is 1.62. The van der Waals surface area contributed by atoms with Gasteiger partial charge in [0.25, 0.3) is 10.1 Å². The summed E-state index contributed by atoms with van der Waals surface area (Å²) in [6.45, 7) is 1.98. The third-order valence-corrected chi connectivity index (χ3v) is 8.41. The van der Waals surface area contributed by atoms with Crippen LogP contribution in [0.5, 0.6) is 5.75 Å². The van der Waals surface area contributed by atoms with Crippen LogP contribution in [-0.2, 0) is 20.8 Å². The highest BCUT2D eigenvalue weighted by molar-refractivity contribution is 14.1. The Hall–Kier alpha value is -2.42. The molecule has 0 saturated carbocycles. The van der Waals surface area contributed by atoms with Gasteiger partial charge in [-0.2, -0.15) is 8.42 Å². The van der Waals surface area contributed by atoms with Crippen LogP contribution >= 0.6 is 34.4 Å². The number of rotatable bonds is 8. The molecule has 0 aliphatic carbocycles. The summed E-state index contributed by atoms with van der Waals surface area (Å²) in [5.74, 6) is 0.960. The maximum atomic E-state index is 12.6. The Kier molecular flexibility index (Phi) is 7.07.